The van der Waals surface area contributed by atoms with E-state index in [0.717, 1.165) is 18.5 Å². The predicted octanol–water partition coefficient (Wildman–Crippen LogP) is 1.84. The molecule has 0 N–H and O–H groups in total. The third-order valence-corrected chi connectivity index (χ3v) is 1.84. The fourth-order valence-electron chi connectivity index (χ4n) is 1.23. The SMILES string of the molecule is CCn1nc(C=O)cc1C(C)C. The number of aldehydes is 1. The van der Waals surface area contributed by atoms with Crippen molar-refractivity contribution in [1.82, 2.24) is 9.78 Å². The summed E-state index contributed by atoms with van der Waals surface area (Å²) >= 11 is 0. The lowest BCUT2D eigenvalue weighted by atomic mass is 10.1. The van der Waals surface area contributed by atoms with Crippen LogP contribution in [0.15, 0.2) is 6.07 Å². The molecule has 1 rings (SSSR count). The monoisotopic (exact) mass is 166 g/mol. The van der Waals surface area contributed by atoms with Crippen LogP contribution in [0.2, 0.25) is 0 Å². The lowest BCUT2D eigenvalue weighted by Gasteiger charge is -2.06. The maximum Gasteiger partial charge on any atom is 0.170 e. The van der Waals surface area contributed by atoms with Crippen molar-refractivity contribution in [2.75, 3.05) is 0 Å². The van der Waals surface area contributed by atoms with E-state index in [-0.39, 0.29) is 0 Å². The van der Waals surface area contributed by atoms with E-state index in [1.54, 1.807) is 0 Å². The average molecular weight is 166 g/mol. The number of rotatable bonds is 3. The zero-order valence-electron chi connectivity index (χ0n) is 7.74. The van der Waals surface area contributed by atoms with Crippen molar-refractivity contribution in [1.29, 1.82) is 0 Å². The highest BCUT2D eigenvalue weighted by Crippen LogP contribution is 2.14. The van der Waals surface area contributed by atoms with Gasteiger partial charge in [-0.2, -0.15) is 5.10 Å². The first kappa shape index (κ1) is 8.97. The number of aromatic nitrogens is 2. The summed E-state index contributed by atoms with van der Waals surface area (Å²) in [5.41, 5.74) is 1.65. The fourth-order valence-corrected chi connectivity index (χ4v) is 1.23. The standard InChI is InChI=1S/C9H14N2O/c1-4-11-9(7(2)3)5-8(6-12)10-11/h5-7H,4H2,1-3H3. The Morgan fingerprint density at radius 3 is 2.67 bits per heavy atom. The van der Waals surface area contributed by atoms with Crippen LogP contribution in [0.1, 0.15) is 42.9 Å². The highest BCUT2D eigenvalue weighted by atomic mass is 16.1. The molecule has 0 unspecified atom stereocenters. The second-order valence-electron chi connectivity index (χ2n) is 3.08. The smallest absolute Gasteiger partial charge is 0.170 e. The van der Waals surface area contributed by atoms with Gasteiger partial charge in [-0.25, -0.2) is 0 Å². The fraction of sp³-hybridized carbons (Fsp3) is 0.556. The van der Waals surface area contributed by atoms with Gasteiger partial charge in [0.1, 0.15) is 5.69 Å². The molecule has 0 bridgehead atoms. The quantitative estimate of drug-likeness (QED) is 0.642. The summed E-state index contributed by atoms with van der Waals surface area (Å²) in [6.07, 6.45) is 0.790. The van der Waals surface area contributed by atoms with Crippen LogP contribution in [0.3, 0.4) is 0 Å². The van der Waals surface area contributed by atoms with Gasteiger partial charge in [0.2, 0.25) is 0 Å². The zero-order valence-corrected chi connectivity index (χ0v) is 7.74. The molecule has 0 atom stereocenters. The van der Waals surface area contributed by atoms with Gasteiger partial charge in [0.25, 0.3) is 0 Å². The number of nitrogens with zero attached hydrogens (tertiary/aromatic N) is 2. The second-order valence-corrected chi connectivity index (χ2v) is 3.08. The molecule has 0 aliphatic heterocycles. The van der Waals surface area contributed by atoms with E-state index in [0.29, 0.717) is 11.6 Å². The second kappa shape index (κ2) is 3.52. The van der Waals surface area contributed by atoms with E-state index >= 15 is 0 Å². The van der Waals surface area contributed by atoms with E-state index in [2.05, 4.69) is 18.9 Å². The molecule has 0 aliphatic carbocycles. The largest absolute Gasteiger partial charge is 0.296 e. The van der Waals surface area contributed by atoms with Gasteiger partial charge in [-0.1, -0.05) is 13.8 Å². The Bertz CT molecular complexity index is 276. The molecule has 1 heterocycles. The molecular weight excluding hydrogens is 152 g/mol. The highest BCUT2D eigenvalue weighted by Gasteiger charge is 2.08. The van der Waals surface area contributed by atoms with Crippen molar-refractivity contribution in [3.8, 4) is 0 Å². The molecule has 12 heavy (non-hydrogen) atoms. The van der Waals surface area contributed by atoms with Crippen LogP contribution in [-0.4, -0.2) is 16.1 Å². The number of hydrogen-bond donors (Lipinski definition) is 0. The Labute approximate surface area is 72.4 Å². The van der Waals surface area contributed by atoms with Crippen molar-refractivity contribution in [2.45, 2.75) is 33.2 Å². The lowest BCUT2D eigenvalue weighted by Crippen LogP contribution is -2.03. The van der Waals surface area contributed by atoms with Gasteiger partial charge in [-0.05, 0) is 18.9 Å². The third-order valence-electron chi connectivity index (χ3n) is 1.84. The molecule has 66 valence electrons. The van der Waals surface area contributed by atoms with Crippen molar-refractivity contribution < 1.29 is 4.79 Å². The molecule has 3 heteroatoms. The van der Waals surface area contributed by atoms with Crippen LogP contribution in [0, 0.1) is 0 Å². The number of carbonyl (C=O) groups excluding carboxylic acids is 1. The average Bonchev–Trinajstić information content (AvgIpc) is 2.47. The van der Waals surface area contributed by atoms with Crippen LogP contribution in [0.4, 0.5) is 0 Å². The summed E-state index contributed by atoms with van der Waals surface area (Å²) in [7, 11) is 0. The highest BCUT2D eigenvalue weighted by molar-refractivity contribution is 5.71. The van der Waals surface area contributed by atoms with Crippen LogP contribution < -0.4 is 0 Å². The van der Waals surface area contributed by atoms with Crippen LogP contribution >= 0.6 is 0 Å². The van der Waals surface area contributed by atoms with Crippen molar-refractivity contribution >= 4 is 6.29 Å². The first-order valence-corrected chi connectivity index (χ1v) is 4.22. The summed E-state index contributed by atoms with van der Waals surface area (Å²) in [4.78, 5) is 10.4. The maximum atomic E-state index is 10.4. The van der Waals surface area contributed by atoms with E-state index in [1.165, 1.54) is 0 Å². The Morgan fingerprint density at radius 2 is 2.33 bits per heavy atom. The number of carbonyl (C=O) groups is 1. The number of hydrogen-bond acceptors (Lipinski definition) is 2. The Morgan fingerprint density at radius 1 is 1.67 bits per heavy atom. The third kappa shape index (κ3) is 1.55. The topological polar surface area (TPSA) is 34.9 Å². The molecular formula is C9H14N2O. The van der Waals surface area contributed by atoms with Crippen molar-refractivity contribution in [2.24, 2.45) is 0 Å². The molecule has 0 aliphatic rings. The summed E-state index contributed by atoms with van der Waals surface area (Å²) in [5, 5.41) is 4.12. The van der Waals surface area contributed by atoms with Gasteiger partial charge < -0.3 is 0 Å². The minimum Gasteiger partial charge on any atom is -0.296 e. The van der Waals surface area contributed by atoms with Gasteiger partial charge in [-0.3, -0.25) is 9.48 Å². The summed E-state index contributed by atoms with van der Waals surface area (Å²) in [5.74, 6) is 0.422. The molecule has 0 radical (unpaired) electrons. The maximum absolute atomic E-state index is 10.4. The summed E-state index contributed by atoms with van der Waals surface area (Å²) in [6.45, 7) is 7.03. The van der Waals surface area contributed by atoms with Crippen molar-refractivity contribution in [3.05, 3.63) is 17.5 Å². The molecule has 1 aromatic heterocycles. The Balaban J connectivity index is 3.07. The van der Waals surface area contributed by atoms with E-state index in [1.807, 2.05) is 17.7 Å². The Hall–Kier alpha value is -1.12. The first-order valence-electron chi connectivity index (χ1n) is 4.22. The minimum atomic E-state index is 0.422. The van der Waals surface area contributed by atoms with Gasteiger partial charge in [-0.15, -0.1) is 0 Å². The van der Waals surface area contributed by atoms with Gasteiger partial charge in [0, 0.05) is 12.2 Å². The molecule has 0 spiro atoms. The van der Waals surface area contributed by atoms with Gasteiger partial charge in [0.05, 0.1) is 0 Å². The summed E-state index contributed by atoms with van der Waals surface area (Å²) in [6, 6.07) is 1.85. The molecule has 0 saturated carbocycles. The van der Waals surface area contributed by atoms with Gasteiger partial charge >= 0.3 is 0 Å². The first-order chi connectivity index (χ1) is 5.69. The van der Waals surface area contributed by atoms with Crippen molar-refractivity contribution in [3.63, 3.8) is 0 Å². The molecule has 0 amide bonds. The van der Waals surface area contributed by atoms with Crippen LogP contribution in [0.25, 0.3) is 0 Å². The van der Waals surface area contributed by atoms with Crippen LogP contribution in [-0.2, 0) is 6.54 Å². The molecule has 0 fully saturated rings. The van der Waals surface area contributed by atoms with E-state index in [4.69, 9.17) is 0 Å². The molecule has 0 aromatic carbocycles. The lowest BCUT2D eigenvalue weighted by molar-refractivity contribution is 0.111. The summed E-state index contributed by atoms with van der Waals surface area (Å²) < 4.78 is 1.87. The van der Waals surface area contributed by atoms with Crippen LogP contribution in [0.5, 0.6) is 0 Å². The zero-order chi connectivity index (χ0) is 9.14. The van der Waals surface area contributed by atoms with Gasteiger partial charge in [0.15, 0.2) is 6.29 Å². The normalized spacial score (nSPS) is 10.7. The Kier molecular flexibility index (Phi) is 2.63. The molecule has 1 aromatic rings. The molecule has 3 nitrogen and oxygen atoms in total. The predicted molar refractivity (Wildman–Crippen MR) is 47.4 cm³/mol. The van der Waals surface area contributed by atoms with E-state index < -0.39 is 0 Å². The number of aryl methyl sites for hydroxylation is 1. The van der Waals surface area contributed by atoms with E-state index in [9.17, 15) is 4.79 Å². The minimum absolute atomic E-state index is 0.422. The molecule has 0 saturated heterocycles.